The molecule has 4 atom stereocenters. The number of rotatable bonds is 4. The Hall–Kier alpha value is -2.57. The van der Waals surface area contributed by atoms with Crippen LogP contribution in [0, 0.1) is 17.7 Å². The highest BCUT2D eigenvalue weighted by molar-refractivity contribution is 5.74. The number of ether oxygens (including phenoxy) is 1. The first-order valence-electron chi connectivity index (χ1n) is 10.2. The van der Waals surface area contributed by atoms with Gasteiger partial charge in [-0.15, -0.1) is 0 Å². The highest BCUT2D eigenvalue weighted by Crippen LogP contribution is 2.38. The molecule has 0 amide bonds. The van der Waals surface area contributed by atoms with E-state index in [0.717, 1.165) is 43.5 Å². The third-order valence-corrected chi connectivity index (χ3v) is 6.20. The van der Waals surface area contributed by atoms with Gasteiger partial charge < -0.3 is 9.84 Å². The van der Waals surface area contributed by atoms with E-state index in [0.29, 0.717) is 17.6 Å². The van der Waals surface area contributed by atoms with E-state index in [1.165, 1.54) is 17.7 Å². The van der Waals surface area contributed by atoms with Crippen molar-refractivity contribution in [3.8, 4) is 5.75 Å². The van der Waals surface area contributed by atoms with Crippen LogP contribution in [-0.2, 0) is 6.54 Å². The van der Waals surface area contributed by atoms with Crippen LogP contribution in [0.1, 0.15) is 18.4 Å². The zero-order valence-corrected chi connectivity index (χ0v) is 16.1. The number of benzene rings is 2. The van der Waals surface area contributed by atoms with Crippen molar-refractivity contribution in [2.24, 2.45) is 11.8 Å². The van der Waals surface area contributed by atoms with Gasteiger partial charge in [-0.25, -0.2) is 4.39 Å². The SMILES string of the molecule is O[C@@H]1C[C@H]2CN(Cc3ccc4nccnc4c3)C[C@H]2C[C@H]1Oc1ccc(F)cc1. The number of hydrogen-bond acceptors (Lipinski definition) is 5. The van der Waals surface area contributed by atoms with Crippen LogP contribution in [0.2, 0.25) is 0 Å². The Bertz CT molecular complexity index is 997. The molecule has 3 aromatic rings. The minimum absolute atomic E-state index is 0.238. The number of fused-ring (bicyclic) bond motifs is 2. The summed E-state index contributed by atoms with van der Waals surface area (Å²) in [6.45, 7) is 2.86. The minimum atomic E-state index is -0.489. The highest BCUT2D eigenvalue weighted by atomic mass is 19.1. The van der Waals surface area contributed by atoms with Gasteiger partial charge in [-0.05, 0) is 66.6 Å². The van der Waals surface area contributed by atoms with E-state index in [-0.39, 0.29) is 11.9 Å². The summed E-state index contributed by atoms with van der Waals surface area (Å²) >= 11 is 0. The van der Waals surface area contributed by atoms with E-state index in [4.69, 9.17) is 4.74 Å². The Morgan fingerprint density at radius 1 is 0.966 bits per heavy atom. The minimum Gasteiger partial charge on any atom is -0.488 e. The van der Waals surface area contributed by atoms with Gasteiger partial charge in [0.1, 0.15) is 17.7 Å². The molecule has 0 unspecified atom stereocenters. The molecule has 0 radical (unpaired) electrons. The van der Waals surface area contributed by atoms with Crippen LogP contribution in [0.5, 0.6) is 5.75 Å². The summed E-state index contributed by atoms with van der Waals surface area (Å²) < 4.78 is 19.1. The zero-order chi connectivity index (χ0) is 19.8. The molecule has 0 spiro atoms. The Morgan fingerprint density at radius 2 is 1.69 bits per heavy atom. The summed E-state index contributed by atoms with van der Waals surface area (Å²) in [5.41, 5.74) is 3.07. The van der Waals surface area contributed by atoms with Gasteiger partial charge in [-0.1, -0.05) is 6.07 Å². The molecule has 5 nitrogen and oxygen atoms in total. The number of aliphatic hydroxyl groups is 1. The van der Waals surface area contributed by atoms with Crippen molar-refractivity contribution in [2.45, 2.75) is 31.6 Å². The molecule has 5 rings (SSSR count). The zero-order valence-electron chi connectivity index (χ0n) is 16.1. The molecule has 2 fully saturated rings. The van der Waals surface area contributed by atoms with Crippen molar-refractivity contribution < 1.29 is 14.2 Å². The molecule has 2 aromatic carbocycles. The maximum Gasteiger partial charge on any atom is 0.125 e. The van der Waals surface area contributed by atoms with Crippen LogP contribution in [-0.4, -0.2) is 45.3 Å². The second kappa shape index (κ2) is 7.69. The van der Waals surface area contributed by atoms with Gasteiger partial charge in [0.05, 0.1) is 17.1 Å². The van der Waals surface area contributed by atoms with Crippen LogP contribution in [0.25, 0.3) is 11.0 Å². The molecule has 2 heterocycles. The lowest BCUT2D eigenvalue weighted by Gasteiger charge is -2.35. The molecule has 0 bridgehead atoms. The predicted octanol–water partition coefficient (Wildman–Crippen LogP) is 3.42. The molecule has 1 aliphatic heterocycles. The summed E-state index contributed by atoms with van der Waals surface area (Å²) in [7, 11) is 0. The molecule has 1 aliphatic carbocycles. The topological polar surface area (TPSA) is 58.5 Å². The number of nitrogens with zero attached hydrogens (tertiary/aromatic N) is 3. The average molecular weight is 393 g/mol. The van der Waals surface area contributed by atoms with Gasteiger partial charge in [0.15, 0.2) is 0 Å². The van der Waals surface area contributed by atoms with Gasteiger partial charge in [0, 0.05) is 32.0 Å². The van der Waals surface area contributed by atoms with Gasteiger partial charge in [-0.3, -0.25) is 14.9 Å². The van der Waals surface area contributed by atoms with E-state index >= 15 is 0 Å². The smallest absolute Gasteiger partial charge is 0.125 e. The van der Waals surface area contributed by atoms with Crippen molar-refractivity contribution in [3.05, 3.63) is 66.2 Å². The van der Waals surface area contributed by atoms with Crippen LogP contribution in [0.3, 0.4) is 0 Å². The average Bonchev–Trinajstić information content (AvgIpc) is 3.10. The molecule has 1 saturated heterocycles. The largest absolute Gasteiger partial charge is 0.488 e. The Morgan fingerprint density at radius 3 is 2.48 bits per heavy atom. The Labute approximate surface area is 169 Å². The van der Waals surface area contributed by atoms with E-state index in [2.05, 4.69) is 27.0 Å². The van der Waals surface area contributed by atoms with Gasteiger partial charge in [0.25, 0.3) is 0 Å². The number of halogens is 1. The molecular weight excluding hydrogens is 369 g/mol. The number of aliphatic hydroxyl groups excluding tert-OH is 1. The number of aromatic nitrogens is 2. The van der Waals surface area contributed by atoms with Gasteiger partial charge in [0.2, 0.25) is 0 Å². The molecule has 1 saturated carbocycles. The van der Waals surface area contributed by atoms with E-state index in [1.54, 1.807) is 24.5 Å². The maximum absolute atomic E-state index is 13.1. The maximum atomic E-state index is 13.1. The van der Waals surface area contributed by atoms with Crippen molar-refractivity contribution >= 4 is 11.0 Å². The lowest BCUT2D eigenvalue weighted by atomic mass is 9.78. The molecule has 150 valence electrons. The summed E-state index contributed by atoms with van der Waals surface area (Å²) in [6.07, 6.45) is 4.27. The van der Waals surface area contributed by atoms with Gasteiger partial charge in [-0.2, -0.15) is 0 Å². The molecule has 2 aliphatic rings. The van der Waals surface area contributed by atoms with E-state index in [1.807, 2.05) is 6.07 Å². The standard InChI is InChI=1S/C23H24FN3O2/c24-18-2-4-19(5-3-18)29-23-11-17-14-27(13-16(17)10-22(23)28)12-15-1-6-20-21(9-15)26-8-7-25-20/h1-9,16-17,22-23,28H,10-14H2/t16-,17+,22+,23+/m0/s1. The van der Waals surface area contributed by atoms with E-state index < -0.39 is 6.10 Å². The van der Waals surface area contributed by atoms with Crippen LogP contribution in [0.4, 0.5) is 4.39 Å². The molecule has 6 heteroatoms. The number of likely N-dealkylation sites (tertiary alicyclic amines) is 1. The van der Waals surface area contributed by atoms with Gasteiger partial charge >= 0.3 is 0 Å². The molecular formula is C23H24FN3O2. The monoisotopic (exact) mass is 393 g/mol. The fourth-order valence-electron chi connectivity index (χ4n) is 4.80. The van der Waals surface area contributed by atoms with E-state index in [9.17, 15) is 9.50 Å². The summed E-state index contributed by atoms with van der Waals surface area (Å²) in [4.78, 5) is 11.2. The fraction of sp³-hybridized carbons (Fsp3) is 0.391. The van der Waals surface area contributed by atoms with Crippen LogP contribution in [0.15, 0.2) is 54.9 Å². The Kier molecular flexibility index (Phi) is 4.89. The lowest BCUT2D eigenvalue weighted by Crippen LogP contribution is -2.42. The first-order chi connectivity index (χ1) is 14.1. The van der Waals surface area contributed by atoms with Crippen molar-refractivity contribution in [1.82, 2.24) is 14.9 Å². The molecule has 1 aromatic heterocycles. The first kappa shape index (κ1) is 18.5. The first-order valence-corrected chi connectivity index (χ1v) is 10.2. The summed E-state index contributed by atoms with van der Waals surface area (Å²) in [6, 6.07) is 12.3. The Balaban J connectivity index is 1.23. The van der Waals surface area contributed by atoms with Crippen molar-refractivity contribution in [3.63, 3.8) is 0 Å². The third-order valence-electron chi connectivity index (χ3n) is 6.20. The number of hydrogen-bond donors (Lipinski definition) is 1. The quantitative estimate of drug-likeness (QED) is 0.736. The molecule has 29 heavy (non-hydrogen) atoms. The second-order valence-corrected chi connectivity index (χ2v) is 8.24. The van der Waals surface area contributed by atoms with Crippen LogP contribution < -0.4 is 4.74 Å². The van der Waals surface area contributed by atoms with Crippen molar-refractivity contribution in [2.75, 3.05) is 13.1 Å². The normalized spacial score (nSPS) is 27.1. The lowest BCUT2D eigenvalue weighted by molar-refractivity contribution is -0.0231. The molecule has 1 N–H and O–H groups in total. The summed E-state index contributed by atoms with van der Waals surface area (Å²) in [5, 5.41) is 10.6. The predicted molar refractivity (Wildman–Crippen MR) is 108 cm³/mol. The second-order valence-electron chi connectivity index (χ2n) is 8.24. The summed E-state index contributed by atoms with van der Waals surface area (Å²) in [5.74, 6) is 1.32. The fourth-order valence-corrected chi connectivity index (χ4v) is 4.80. The van der Waals surface area contributed by atoms with Crippen molar-refractivity contribution in [1.29, 1.82) is 0 Å². The van der Waals surface area contributed by atoms with Crippen LogP contribution >= 0.6 is 0 Å². The highest BCUT2D eigenvalue weighted by Gasteiger charge is 2.42. The third kappa shape index (κ3) is 3.95.